The van der Waals surface area contributed by atoms with Crippen molar-refractivity contribution >= 4 is 0 Å². The minimum absolute atomic E-state index is 0.950. The molecule has 0 spiro atoms. The molecular formula is C14H23N. The number of hydrogen-bond donors (Lipinski definition) is 0. The van der Waals surface area contributed by atoms with Crippen LogP contribution in [-0.2, 0) is 0 Å². The lowest BCUT2D eigenvalue weighted by molar-refractivity contribution is 0.446. The Hall–Kier alpha value is -1.08. The minimum atomic E-state index is 0.950. The van der Waals surface area contributed by atoms with Gasteiger partial charge in [-0.2, -0.15) is 0 Å². The smallest absolute Gasteiger partial charge is 0.0230 e. The molecule has 0 atom stereocenters. The molecule has 0 aromatic rings. The Labute approximate surface area is 94.5 Å². The topological polar surface area (TPSA) is 3.24 Å². The summed E-state index contributed by atoms with van der Waals surface area (Å²) < 4.78 is 0. The highest BCUT2D eigenvalue weighted by molar-refractivity contribution is 5.36. The van der Waals surface area contributed by atoms with Gasteiger partial charge in [0.25, 0.3) is 0 Å². The van der Waals surface area contributed by atoms with Gasteiger partial charge in [0.05, 0.1) is 0 Å². The average molecular weight is 205 g/mol. The van der Waals surface area contributed by atoms with E-state index >= 15 is 0 Å². The van der Waals surface area contributed by atoms with Crippen LogP contribution >= 0.6 is 0 Å². The quantitative estimate of drug-likeness (QED) is 0.574. The molecule has 0 amide bonds. The molecule has 1 heteroatoms. The van der Waals surface area contributed by atoms with Crippen molar-refractivity contribution in [2.75, 3.05) is 20.6 Å². The maximum Gasteiger partial charge on any atom is 0.0230 e. The fourth-order valence-corrected chi connectivity index (χ4v) is 1.51. The molecule has 0 saturated heterocycles. The molecular weight excluding hydrogens is 182 g/mol. The summed E-state index contributed by atoms with van der Waals surface area (Å²) >= 11 is 0. The Balaban J connectivity index is 4.83. The van der Waals surface area contributed by atoms with E-state index in [1.54, 1.807) is 0 Å². The number of allylic oxidation sites excluding steroid dienone is 4. The van der Waals surface area contributed by atoms with Gasteiger partial charge in [-0.3, -0.25) is 0 Å². The van der Waals surface area contributed by atoms with Crippen molar-refractivity contribution in [1.29, 1.82) is 0 Å². The first-order valence-corrected chi connectivity index (χ1v) is 5.44. The van der Waals surface area contributed by atoms with Crippen LogP contribution in [0.5, 0.6) is 0 Å². The maximum absolute atomic E-state index is 3.76. The molecule has 0 aliphatic rings. The Kier molecular flexibility index (Phi) is 7.65. The van der Waals surface area contributed by atoms with Gasteiger partial charge in [-0.1, -0.05) is 50.8 Å². The second-order valence-corrected chi connectivity index (χ2v) is 3.84. The molecule has 0 radical (unpaired) electrons. The van der Waals surface area contributed by atoms with E-state index in [9.17, 15) is 0 Å². The van der Waals surface area contributed by atoms with Gasteiger partial charge in [-0.05, 0) is 31.7 Å². The maximum atomic E-state index is 3.76. The van der Waals surface area contributed by atoms with Gasteiger partial charge in [0.1, 0.15) is 0 Å². The SMILES string of the molecule is C=C/C=C(CCC)\C(=C/C=C)CN(C)C. The van der Waals surface area contributed by atoms with E-state index in [1.165, 1.54) is 11.1 Å². The summed E-state index contributed by atoms with van der Waals surface area (Å²) in [5.74, 6) is 0. The number of likely N-dealkylation sites (N-methyl/N-ethyl adjacent to an activating group) is 1. The van der Waals surface area contributed by atoms with Gasteiger partial charge in [0.15, 0.2) is 0 Å². The van der Waals surface area contributed by atoms with Crippen molar-refractivity contribution in [3.05, 3.63) is 48.6 Å². The van der Waals surface area contributed by atoms with Gasteiger partial charge in [0, 0.05) is 6.54 Å². The van der Waals surface area contributed by atoms with Crippen molar-refractivity contribution in [3.63, 3.8) is 0 Å². The summed E-state index contributed by atoms with van der Waals surface area (Å²) in [6.07, 6.45) is 10.2. The minimum Gasteiger partial charge on any atom is -0.305 e. The zero-order valence-electron chi connectivity index (χ0n) is 10.3. The molecule has 0 saturated carbocycles. The molecule has 0 heterocycles. The van der Waals surface area contributed by atoms with E-state index in [0.717, 1.165) is 19.4 Å². The Morgan fingerprint density at radius 3 is 2.00 bits per heavy atom. The molecule has 1 nitrogen and oxygen atoms in total. The lowest BCUT2D eigenvalue weighted by Gasteiger charge is -2.15. The van der Waals surface area contributed by atoms with Crippen LogP contribution in [0, 0.1) is 0 Å². The number of nitrogens with zero attached hydrogens (tertiary/aromatic N) is 1. The lowest BCUT2D eigenvalue weighted by atomic mass is 10.00. The van der Waals surface area contributed by atoms with Gasteiger partial charge in [-0.25, -0.2) is 0 Å². The Bertz CT molecular complexity index is 257. The molecule has 0 aromatic carbocycles. The zero-order chi connectivity index (χ0) is 11.7. The van der Waals surface area contributed by atoms with Crippen LogP contribution in [0.25, 0.3) is 0 Å². The average Bonchev–Trinajstić information content (AvgIpc) is 2.16. The predicted molar refractivity (Wildman–Crippen MR) is 70.0 cm³/mol. The summed E-state index contributed by atoms with van der Waals surface area (Å²) in [4.78, 5) is 2.17. The highest BCUT2D eigenvalue weighted by Gasteiger charge is 2.04. The lowest BCUT2D eigenvalue weighted by Crippen LogP contribution is -2.16. The molecule has 0 rings (SSSR count). The van der Waals surface area contributed by atoms with Crippen LogP contribution in [0.2, 0.25) is 0 Å². The molecule has 0 N–H and O–H groups in total. The van der Waals surface area contributed by atoms with Gasteiger partial charge >= 0.3 is 0 Å². The first-order chi connectivity index (χ1) is 7.15. The summed E-state index contributed by atoms with van der Waals surface area (Å²) in [6, 6.07) is 0. The standard InChI is InChI=1S/C14H23N/c1-6-9-13(10-7-2)14(11-8-3)12-15(4)5/h6,8-9,11H,1,3,7,10,12H2,2,4-5H3/b13-9-,14-11-. The molecule has 0 aliphatic heterocycles. The summed E-state index contributed by atoms with van der Waals surface area (Å²) in [6.45, 7) is 10.7. The monoisotopic (exact) mass is 205 g/mol. The van der Waals surface area contributed by atoms with Gasteiger partial charge < -0.3 is 4.90 Å². The molecule has 0 aliphatic carbocycles. The summed E-state index contributed by atoms with van der Waals surface area (Å²) in [5, 5.41) is 0. The number of rotatable bonds is 7. The van der Waals surface area contributed by atoms with Gasteiger partial charge in [0.2, 0.25) is 0 Å². The van der Waals surface area contributed by atoms with E-state index in [-0.39, 0.29) is 0 Å². The van der Waals surface area contributed by atoms with Crippen LogP contribution in [0.4, 0.5) is 0 Å². The summed E-state index contributed by atoms with van der Waals surface area (Å²) in [7, 11) is 4.16. The number of hydrogen-bond acceptors (Lipinski definition) is 1. The van der Waals surface area contributed by atoms with Crippen molar-refractivity contribution in [3.8, 4) is 0 Å². The Morgan fingerprint density at radius 1 is 1.07 bits per heavy atom. The Morgan fingerprint density at radius 2 is 1.60 bits per heavy atom. The third kappa shape index (κ3) is 6.08. The van der Waals surface area contributed by atoms with E-state index in [0.29, 0.717) is 0 Å². The van der Waals surface area contributed by atoms with Crippen molar-refractivity contribution < 1.29 is 0 Å². The van der Waals surface area contributed by atoms with Crippen LogP contribution in [0.15, 0.2) is 48.6 Å². The molecule has 0 fully saturated rings. The zero-order valence-corrected chi connectivity index (χ0v) is 10.3. The second-order valence-electron chi connectivity index (χ2n) is 3.84. The fourth-order valence-electron chi connectivity index (χ4n) is 1.51. The highest BCUT2D eigenvalue weighted by atomic mass is 15.0. The van der Waals surface area contributed by atoms with Crippen LogP contribution in [-0.4, -0.2) is 25.5 Å². The molecule has 84 valence electrons. The van der Waals surface area contributed by atoms with Crippen LogP contribution in [0.1, 0.15) is 19.8 Å². The van der Waals surface area contributed by atoms with E-state index in [1.807, 2.05) is 12.2 Å². The third-order valence-electron chi connectivity index (χ3n) is 2.06. The van der Waals surface area contributed by atoms with Gasteiger partial charge in [-0.15, -0.1) is 0 Å². The highest BCUT2D eigenvalue weighted by Crippen LogP contribution is 2.17. The third-order valence-corrected chi connectivity index (χ3v) is 2.06. The predicted octanol–water partition coefficient (Wildman–Crippen LogP) is 3.57. The van der Waals surface area contributed by atoms with Crippen LogP contribution in [0.3, 0.4) is 0 Å². The van der Waals surface area contributed by atoms with E-state index in [2.05, 4.69) is 51.2 Å². The normalized spacial score (nSPS) is 13.1. The molecule has 0 unspecified atom stereocenters. The molecule has 0 aromatic heterocycles. The van der Waals surface area contributed by atoms with Crippen molar-refractivity contribution in [2.24, 2.45) is 0 Å². The van der Waals surface area contributed by atoms with E-state index < -0.39 is 0 Å². The summed E-state index contributed by atoms with van der Waals surface area (Å²) in [5.41, 5.74) is 2.69. The molecule has 15 heavy (non-hydrogen) atoms. The largest absolute Gasteiger partial charge is 0.305 e. The van der Waals surface area contributed by atoms with Crippen molar-refractivity contribution in [2.45, 2.75) is 19.8 Å². The molecule has 0 bridgehead atoms. The first-order valence-electron chi connectivity index (χ1n) is 5.44. The second kappa shape index (κ2) is 8.25. The van der Waals surface area contributed by atoms with Crippen LogP contribution < -0.4 is 0 Å². The fraction of sp³-hybridized carbons (Fsp3) is 0.429. The van der Waals surface area contributed by atoms with Crippen molar-refractivity contribution in [1.82, 2.24) is 4.90 Å². The van der Waals surface area contributed by atoms with E-state index in [4.69, 9.17) is 0 Å². The first kappa shape index (κ1) is 13.9.